The number of amides is 1. The minimum absolute atomic E-state index is 0.267. The summed E-state index contributed by atoms with van der Waals surface area (Å²) in [6, 6.07) is 12.9. The molecule has 0 aliphatic carbocycles. The third-order valence-corrected chi connectivity index (χ3v) is 4.34. The van der Waals surface area contributed by atoms with Gasteiger partial charge in [-0.25, -0.2) is 0 Å². The smallest absolute Gasteiger partial charge is 0.255 e. The Kier molecular flexibility index (Phi) is 4.66. The molecule has 3 aromatic rings. The van der Waals surface area contributed by atoms with E-state index in [1.165, 1.54) is 14.2 Å². The second-order valence-corrected chi connectivity index (χ2v) is 5.86. The number of fused-ring (bicyclic) bond motifs is 1. The molecule has 0 fully saturated rings. The summed E-state index contributed by atoms with van der Waals surface area (Å²) in [5.74, 6) is 0.781. The van der Waals surface area contributed by atoms with Crippen LogP contribution in [0.4, 0.5) is 5.69 Å². The van der Waals surface area contributed by atoms with Crippen molar-refractivity contribution in [2.45, 2.75) is 0 Å². The van der Waals surface area contributed by atoms with Gasteiger partial charge in [-0.3, -0.25) is 9.78 Å². The van der Waals surface area contributed by atoms with Crippen LogP contribution in [-0.4, -0.2) is 25.1 Å². The Bertz CT molecular complexity index is 887. The highest BCUT2D eigenvalue weighted by atomic mass is 79.9. The molecule has 0 bridgehead atoms. The molecular weight excluding hydrogens is 372 g/mol. The van der Waals surface area contributed by atoms with E-state index in [4.69, 9.17) is 9.47 Å². The molecule has 0 radical (unpaired) electrons. The molecule has 0 aliphatic rings. The van der Waals surface area contributed by atoms with Crippen LogP contribution in [-0.2, 0) is 0 Å². The van der Waals surface area contributed by atoms with Crippen molar-refractivity contribution < 1.29 is 14.3 Å². The normalized spacial score (nSPS) is 10.5. The molecule has 6 heteroatoms. The van der Waals surface area contributed by atoms with Gasteiger partial charge in [0.15, 0.2) is 0 Å². The van der Waals surface area contributed by atoms with Gasteiger partial charge in [-0.1, -0.05) is 18.2 Å². The lowest BCUT2D eigenvalue weighted by Crippen LogP contribution is -2.12. The quantitative estimate of drug-likeness (QED) is 0.727. The molecule has 3 rings (SSSR count). The third kappa shape index (κ3) is 3.19. The zero-order chi connectivity index (χ0) is 17.1. The van der Waals surface area contributed by atoms with Crippen molar-refractivity contribution >= 4 is 38.4 Å². The fourth-order valence-electron chi connectivity index (χ4n) is 2.34. The van der Waals surface area contributed by atoms with Gasteiger partial charge in [-0.2, -0.15) is 0 Å². The summed E-state index contributed by atoms with van der Waals surface area (Å²) in [4.78, 5) is 16.9. The maximum absolute atomic E-state index is 12.5. The van der Waals surface area contributed by atoms with E-state index in [1.54, 1.807) is 18.3 Å². The first-order valence-electron chi connectivity index (χ1n) is 7.20. The zero-order valence-electron chi connectivity index (χ0n) is 13.2. The van der Waals surface area contributed by atoms with Gasteiger partial charge in [-0.05, 0) is 40.2 Å². The van der Waals surface area contributed by atoms with Crippen LogP contribution in [0.5, 0.6) is 11.5 Å². The molecule has 5 nitrogen and oxygen atoms in total. The molecule has 24 heavy (non-hydrogen) atoms. The molecule has 2 aromatic carbocycles. The Morgan fingerprint density at radius 2 is 1.75 bits per heavy atom. The Balaban J connectivity index is 1.91. The number of hydrogen-bond acceptors (Lipinski definition) is 4. The van der Waals surface area contributed by atoms with Gasteiger partial charge in [0, 0.05) is 10.9 Å². The second-order valence-electron chi connectivity index (χ2n) is 5.07. The van der Waals surface area contributed by atoms with Crippen molar-refractivity contribution in [2.75, 3.05) is 19.5 Å². The summed E-state index contributed by atoms with van der Waals surface area (Å²) in [6.07, 6.45) is 1.63. The van der Waals surface area contributed by atoms with Crippen LogP contribution >= 0.6 is 15.9 Å². The number of hydrogen-bond donors (Lipinski definition) is 1. The zero-order valence-corrected chi connectivity index (χ0v) is 14.8. The first-order valence-corrected chi connectivity index (χ1v) is 7.99. The highest BCUT2D eigenvalue weighted by Gasteiger charge is 2.15. The van der Waals surface area contributed by atoms with Gasteiger partial charge < -0.3 is 14.8 Å². The second kappa shape index (κ2) is 6.88. The van der Waals surface area contributed by atoms with E-state index in [0.29, 0.717) is 27.2 Å². The van der Waals surface area contributed by atoms with Crippen molar-refractivity contribution in [2.24, 2.45) is 0 Å². The lowest BCUT2D eigenvalue weighted by Gasteiger charge is -2.12. The maximum Gasteiger partial charge on any atom is 0.255 e. The Morgan fingerprint density at radius 1 is 1.08 bits per heavy atom. The molecule has 1 N–H and O–H groups in total. The highest BCUT2D eigenvalue weighted by molar-refractivity contribution is 9.10. The van der Waals surface area contributed by atoms with E-state index >= 15 is 0 Å². The summed E-state index contributed by atoms with van der Waals surface area (Å²) >= 11 is 3.39. The number of para-hydroxylation sites is 1. The van der Waals surface area contributed by atoms with E-state index in [2.05, 4.69) is 26.2 Å². The van der Waals surface area contributed by atoms with Gasteiger partial charge in [0.1, 0.15) is 16.0 Å². The van der Waals surface area contributed by atoms with Gasteiger partial charge in [-0.15, -0.1) is 0 Å². The predicted molar refractivity (Wildman–Crippen MR) is 96.9 cm³/mol. The Morgan fingerprint density at radius 3 is 2.42 bits per heavy atom. The highest BCUT2D eigenvalue weighted by Crippen LogP contribution is 2.35. The molecule has 0 spiro atoms. The van der Waals surface area contributed by atoms with Crippen molar-refractivity contribution in [1.82, 2.24) is 4.98 Å². The van der Waals surface area contributed by atoms with Crippen LogP contribution < -0.4 is 14.8 Å². The molecule has 0 saturated carbocycles. The number of ether oxygens (including phenoxy) is 2. The Hall–Kier alpha value is -2.60. The van der Waals surface area contributed by atoms with E-state index in [9.17, 15) is 4.79 Å². The first kappa shape index (κ1) is 16.3. The summed E-state index contributed by atoms with van der Waals surface area (Å²) in [5, 5.41) is 3.80. The van der Waals surface area contributed by atoms with Gasteiger partial charge >= 0.3 is 0 Å². The third-order valence-electron chi connectivity index (χ3n) is 3.56. The molecular formula is C18H15BrN2O3. The number of carbonyl (C=O) groups is 1. The molecule has 0 unspecified atom stereocenters. The number of pyridine rings is 1. The van der Waals surface area contributed by atoms with Crippen molar-refractivity contribution in [3.8, 4) is 11.5 Å². The molecule has 1 heterocycles. The van der Waals surface area contributed by atoms with E-state index < -0.39 is 0 Å². The van der Waals surface area contributed by atoms with Crippen LogP contribution in [0.1, 0.15) is 10.4 Å². The topological polar surface area (TPSA) is 60.5 Å². The number of nitrogens with one attached hydrogen (secondary N) is 1. The maximum atomic E-state index is 12.5. The van der Waals surface area contributed by atoms with Crippen molar-refractivity contribution in [3.05, 3.63) is 58.7 Å². The number of carbonyl (C=O) groups excluding carboxylic acids is 1. The largest absolute Gasteiger partial charge is 0.495 e. The van der Waals surface area contributed by atoms with Crippen molar-refractivity contribution in [1.29, 1.82) is 0 Å². The molecule has 0 atom stereocenters. The summed E-state index contributed by atoms with van der Waals surface area (Å²) in [7, 11) is 3.07. The minimum atomic E-state index is -0.267. The number of halogens is 1. The van der Waals surface area contributed by atoms with E-state index in [-0.39, 0.29) is 5.91 Å². The molecule has 0 aliphatic heterocycles. The van der Waals surface area contributed by atoms with Crippen LogP contribution in [0.25, 0.3) is 10.9 Å². The fraction of sp³-hybridized carbons (Fsp3) is 0.111. The summed E-state index contributed by atoms with van der Waals surface area (Å²) in [6.45, 7) is 0. The fourth-order valence-corrected chi connectivity index (χ4v) is 2.90. The number of nitrogens with zero attached hydrogens (tertiary/aromatic N) is 1. The van der Waals surface area contributed by atoms with Crippen molar-refractivity contribution in [3.63, 3.8) is 0 Å². The number of aromatic nitrogens is 1. The number of rotatable bonds is 4. The number of benzene rings is 2. The Labute approximate surface area is 147 Å². The molecule has 1 amide bonds. The minimum Gasteiger partial charge on any atom is -0.495 e. The summed E-state index contributed by atoms with van der Waals surface area (Å²) in [5.41, 5.74) is 1.93. The average molecular weight is 387 g/mol. The molecule has 0 saturated heterocycles. The summed E-state index contributed by atoms with van der Waals surface area (Å²) < 4.78 is 11.2. The molecule has 1 aromatic heterocycles. The van der Waals surface area contributed by atoms with E-state index in [1.807, 2.05) is 30.3 Å². The van der Waals surface area contributed by atoms with Gasteiger partial charge in [0.2, 0.25) is 0 Å². The first-order chi connectivity index (χ1) is 11.6. The standard InChI is InChI=1S/C18H15BrN2O3/c1-23-15-8-12(9-16(24-2)17(15)19)18(22)21-13-7-11-5-3-4-6-14(11)20-10-13/h3-10H,1-2H3,(H,21,22). The number of methoxy groups -OCH3 is 2. The van der Waals surface area contributed by atoms with Gasteiger partial charge in [0.05, 0.1) is 31.6 Å². The predicted octanol–water partition coefficient (Wildman–Crippen LogP) is 4.27. The van der Waals surface area contributed by atoms with Gasteiger partial charge in [0.25, 0.3) is 5.91 Å². The lowest BCUT2D eigenvalue weighted by molar-refractivity contribution is 0.102. The monoisotopic (exact) mass is 386 g/mol. The molecule has 122 valence electrons. The SMILES string of the molecule is COc1cc(C(=O)Nc2cnc3ccccc3c2)cc(OC)c1Br. The van der Waals surface area contributed by atoms with E-state index in [0.717, 1.165) is 10.9 Å². The average Bonchev–Trinajstić information content (AvgIpc) is 2.61. The van der Waals surface area contributed by atoms with Crippen LogP contribution in [0.3, 0.4) is 0 Å². The lowest BCUT2D eigenvalue weighted by atomic mass is 10.1. The van der Waals surface area contributed by atoms with Crippen LogP contribution in [0, 0.1) is 0 Å². The van der Waals surface area contributed by atoms with Crippen LogP contribution in [0.2, 0.25) is 0 Å². The number of anilines is 1. The van der Waals surface area contributed by atoms with Crippen LogP contribution in [0.15, 0.2) is 53.1 Å².